The third-order valence-corrected chi connectivity index (χ3v) is 7.61. The van der Waals surface area contributed by atoms with Crippen molar-refractivity contribution >= 4 is 22.8 Å². The van der Waals surface area contributed by atoms with Gasteiger partial charge in [0.25, 0.3) is 0 Å². The van der Waals surface area contributed by atoms with Crippen molar-refractivity contribution in [2.45, 2.75) is 37.9 Å². The van der Waals surface area contributed by atoms with Crippen molar-refractivity contribution in [3.8, 4) is 17.2 Å². The molecule has 0 spiro atoms. The number of rotatable bonds is 17. The number of aromatic nitrogens is 1. The lowest BCUT2D eigenvalue weighted by Gasteiger charge is -2.26. The van der Waals surface area contributed by atoms with E-state index < -0.39 is 12.0 Å². The van der Waals surface area contributed by atoms with E-state index in [9.17, 15) is 14.7 Å². The van der Waals surface area contributed by atoms with E-state index in [1.165, 1.54) is 0 Å². The summed E-state index contributed by atoms with van der Waals surface area (Å²) in [4.78, 5) is 30.3. The van der Waals surface area contributed by atoms with Crippen molar-refractivity contribution in [3.05, 3.63) is 89.6 Å². The van der Waals surface area contributed by atoms with Crippen LogP contribution in [0, 0.1) is 0 Å². The number of carboxylic acid groups (broad SMARTS) is 1. The lowest BCUT2D eigenvalue weighted by molar-refractivity contribution is -0.137. The molecule has 1 amide bonds. The van der Waals surface area contributed by atoms with Crippen molar-refractivity contribution in [1.29, 1.82) is 0 Å². The molecule has 0 unspecified atom stereocenters. The average molecular weight is 603 g/mol. The zero-order valence-electron chi connectivity index (χ0n) is 25.8. The van der Waals surface area contributed by atoms with Crippen LogP contribution in [0.4, 0.5) is 0 Å². The van der Waals surface area contributed by atoms with Gasteiger partial charge in [0, 0.05) is 49.8 Å². The Hall–Kier alpha value is -4.54. The van der Waals surface area contributed by atoms with E-state index in [1.807, 2.05) is 72.9 Å². The predicted molar refractivity (Wildman–Crippen MR) is 171 cm³/mol. The molecular weight excluding hydrogens is 560 g/mol. The van der Waals surface area contributed by atoms with E-state index in [2.05, 4.69) is 15.6 Å². The molecule has 4 N–H and O–H groups in total. The molecule has 4 aromatic rings. The molecule has 44 heavy (non-hydrogen) atoms. The van der Waals surface area contributed by atoms with Gasteiger partial charge >= 0.3 is 5.97 Å². The summed E-state index contributed by atoms with van der Waals surface area (Å²) >= 11 is 0. The summed E-state index contributed by atoms with van der Waals surface area (Å²) in [5, 5.41) is 17.5. The Morgan fingerprint density at radius 2 is 1.52 bits per heavy atom. The Labute approximate surface area is 258 Å². The molecule has 3 aromatic carbocycles. The number of hydrogen-bond donors (Lipinski definition) is 4. The van der Waals surface area contributed by atoms with Gasteiger partial charge in [-0.1, -0.05) is 48.5 Å². The van der Waals surface area contributed by atoms with E-state index >= 15 is 0 Å². The number of ether oxygens (including phenoxy) is 3. The Kier molecular flexibility index (Phi) is 11.6. The molecule has 0 fully saturated rings. The number of H-pyrrole nitrogens is 1. The zero-order chi connectivity index (χ0) is 31.5. The summed E-state index contributed by atoms with van der Waals surface area (Å²) in [6, 6.07) is 20.8. The fourth-order valence-electron chi connectivity index (χ4n) is 5.46. The summed E-state index contributed by atoms with van der Waals surface area (Å²) in [7, 11) is 6.45. The van der Waals surface area contributed by atoms with Crippen molar-refractivity contribution < 1.29 is 28.9 Å². The quantitative estimate of drug-likeness (QED) is 0.134. The number of aliphatic carboxylic acids is 1. The first-order valence-corrected chi connectivity index (χ1v) is 14.6. The first-order chi connectivity index (χ1) is 21.3. The number of methoxy groups -OCH3 is 3. The van der Waals surface area contributed by atoms with Gasteiger partial charge in [-0.05, 0) is 47.7 Å². The van der Waals surface area contributed by atoms with Crippen molar-refractivity contribution in [2.75, 3.05) is 41.5 Å². The zero-order valence-corrected chi connectivity index (χ0v) is 25.8. The number of carboxylic acids is 1. The van der Waals surface area contributed by atoms with E-state index in [4.69, 9.17) is 14.2 Å². The topological polar surface area (TPSA) is 125 Å². The van der Waals surface area contributed by atoms with Crippen LogP contribution in [0.1, 0.15) is 23.1 Å². The van der Waals surface area contributed by atoms with Gasteiger partial charge in [0.2, 0.25) is 11.7 Å². The summed E-state index contributed by atoms with van der Waals surface area (Å²) in [5.74, 6) is 0.617. The van der Waals surface area contributed by atoms with E-state index in [-0.39, 0.29) is 18.4 Å². The van der Waals surface area contributed by atoms with Gasteiger partial charge in [0.15, 0.2) is 11.5 Å². The second kappa shape index (κ2) is 15.8. The van der Waals surface area contributed by atoms with Crippen molar-refractivity contribution in [1.82, 2.24) is 20.5 Å². The Bertz CT molecular complexity index is 1500. The highest BCUT2D eigenvalue weighted by Crippen LogP contribution is 2.38. The Morgan fingerprint density at radius 3 is 2.18 bits per heavy atom. The highest BCUT2D eigenvalue weighted by atomic mass is 16.5. The molecule has 4 rings (SSSR count). The minimum absolute atomic E-state index is 0.0105. The molecule has 0 aliphatic rings. The largest absolute Gasteiger partial charge is 0.493 e. The van der Waals surface area contributed by atoms with E-state index in [0.29, 0.717) is 49.7 Å². The van der Waals surface area contributed by atoms with Crippen LogP contribution >= 0.6 is 0 Å². The minimum Gasteiger partial charge on any atom is -0.493 e. The molecule has 1 aromatic heterocycles. The van der Waals surface area contributed by atoms with Gasteiger partial charge in [-0.2, -0.15) is 0 Å². The van der Waals surface area contributed by atoms with Gasteiger partial charge in [-0.3, -0.25) is 9.59 Å². The summed E-state index contributed by atoms with van der Waals surface area (Å²) in [5.41, 5.74) is 3.97. The molecule has 0 aliphatic heterocycles. The number of carbonyl (C=O) groups is 2. The molecule has 1 heterocycles. The van der Waals surface area contributed by atoms with Crippen LogP contribution in [0.3, 0.4) is 0 Å². The maximum absolute atomic E-state index is 13.8. The minimum atomic E-state index is -0.860. The monoisotopic (exact) mass is 602 g/mol. The highest BCUT2D eigenvalue weighted by Gasteiger charge is 2.24. The SMILES string of the molecule is COc1cc(CN(C)C(=O)[C@H](Cc2ccccc2)NCCN[C@H](CC(=O)O)Cc2c[nH]c3ccccc23)cc(OC)c1OC. The smallest absolute Gasteiger partial charge is 0.304 e. The molecule has 0 bridgehead atoms. The number of fused-ring (bicyclic) bond motifs is 1. The van der Waals surface area contributed by atoms with E-state index in [0.717, 1.165) is 27.6 Å². The normalized spacial score (nSPS) is 12.5. The third kappa shape index (κ3) is 8.52. The maximum Gasteiger partial charge on any atom is 0.304 e. The van der Waals surface area contributed by atoms with Gasteiger partial charge in [-0.15, -0.1) is 0 Å². The number of para-hydroxylation sites is 1. The second-order valence-corrected chi connectivity index (χ2v) is 10.7. The lowest BCUT2D eigenvalue weighted by atomic mass is 10.0. The number of nitrogens with zero attached hydrogens (tertiary/aromatic N) is 1. The third-order valence-electron chi connectivity index (χ3n) is 7.61. The summed E-state index contributed by atoms with van der Waals surface area (Å²) in [6.45, 7) is 1.31. The van der Waals surface area contributed by atoms with Crippen molar-refractivity contribution in [3.63, 3.8) is 0 Å². The van der Waals surface area contributed by atoms with Gasteiger partial charge in [0.05, 0.1) is 33.8 Å². The lowest BCUT2D eigenvalue weighted by Crippen LogP contribution is -2.48. The van der Waals surface area contributed by atoms with Crippen LogP contribution < -0.4 is 24.8 Å². The van der Waals surface area contributed by atoms with Crippen LogP contribution in [0.25, 0.3) is 10.9 Å². The predicted octanol–water partition coefficient (Wildman–Crippen LogP) is 4.03. The van der Waals surface area contributed by atoms with Crippen LogP contribution in [0.5, 0.6) is 17.2 Å². The number of benzene rings is 3. The number of carbonyl (C=O) groups excluding carboxylic acids is 1. The number of hydrogen-bond acceptors (Lipinski definition) is 7. The second-order valence-electron chi connectivity index (χ2n) is 10.7. The molecule has 0 saturated carbocycles. The van der Waals surface area contributed by atoms with Gasteiger partial charge in [-0.25, -0.2) is 0 Å². The van der Waals surface area contributed by atoms with E-state index in [1.54, 1.807) is 33.3 Å². The van der Waals surface area contributed by atoms with Crippen molar-refractivity contribution in [2.24, 2.45) is 0 Å². The highest BCUT2D eigenvalue weighted by molar-refractivity contribution is 5.83. The molecule has 0 radical (unpaired) electrons. The van der Waals surface area contributed by atoms with Crippen LogP contribution in [0.2, 0.25) is 0 Å². The molecule has 0 aliphatic carbocycles. The number of nitrogens with one attached hydrogen (secondary N) is 3. The maximum atomic E-state index is 13.8. The number of amides is 1. The van der Waals surface area contributed by atoms with Crippen LogP contribution in [0.15, 0.2) is 72.9 Å². The molecule has 2 atom stereocenters. The average Bonchev–Trinajstić information content (AvgIpc) is 3.44. The number of aromatic amines is 1. The standard InChI is InChI=1S/C34H42N4O6/c1-38(22-24-17-30(42-2)33(44-4)31(18-24)43-3)34(41)29(16-23-10-6-5-7-11-23)36-15-14-35-26(20-32(39)40)19-25-21-37-28-13-9-8-12-27(25)28/h5-13,17-18,21,26,29,35-37H,14-16,19-20,22H2,1-4H3,(H,39,40)/t26-,29-/m0/s1. The Morgan fingerprint density at radius 1 is 0.864 bits per heavy atom. The number of likely N-dealkylation sites (N-methyl/N-ethyl adjacent to an activating group) is 1. The Balaban J connectivity index is 1.42. The van der Waals surface area contributed by atoms with Gasteiger partial charge < -0.3 is 39.8 Å². The molecule has 0 saturated heterocycles. The molecule has 10 nitrogen and oxygen atoms in total. The van der Waals surface area contributed by atoms with Crippen LogP contribution in [-0.2, 0) is 29.0 Å². The summed E-state index contributed by atoms with van der Waals surface area (Å²) < 4.78 is 16.4. The first kappa shape index (κ1) is 32.4. The molecular formula is C34H42N4O6. The first-order valence-electron chi connectivity index (χ1n) is 14.6. The molecule has 10 heteroatoms. The van der Waals surface area contributed by atoms with Gasteiger partial charge in [0.1, 0.15) is 0 Å². The summed E-state index contributed by atoms with van der Waals surface area (Å²) in [6.07, 6.45) is 3.01. The fraction of sp³-hybridized carbons (Fsp3) is 0.353. The van der Waals surface area contributed by atoms with Crippen LogP contribution in [-0.4, -0.2) is 80.4 Å². The fourth-order valence-corrected chi connectivity index (χ4v) is 5.46. The molecule has 234 valence electrons.